The number of carbonyl (C=O) groups excluding carboxylic acids is 1. The number of piperidine rings is 1. The molecule has 1 atom stereocenters. The van der Waals surface area contributed by atoms with Crippen molar-refractivity contribution in [2.24, 2.45) is 0 Å². The highest BCUT2D eigenvalue weighted by Crippen LogP contribution is 2.25. The van der Waals surface area contributed by atoms with E-state index >= 15 is 0 Å². The van der Waals surface area contributed by atoms with Crippen molar-refractivity contribution >= 4 is 21.7 Å². The number of aromatic nitrogens is 1. The van der Waals surface area contributed by atoms with Crippen LogP contribution in [0.15, 0.2) is 47.5 Å². The number of nitrogens with one attached hydrogen (secondary N) is 1. The molecule has 1 aromatic carbocycles. The van der Waals surface area contributed by atoms with Crippen LogP contribution in [0.4, 0.5) is 5.82 Å². The summed E-state index contributed by atoms with van der Waals surface area (Å²) in [7, 11) is -1.50. The van der Waals surface area contributed by atoms with Gasteiger partial charge in [-0.25, -0.2) is 13.4 Å². The van der Waals surface area contributed by atoms with Crippen LogP contribution in [0.3, 0.4) is 0 Å². The molecule has 2 aliphatic rings. The number of likely N-dealkylation sites (N-methyl/N-ethyl adjacent to an activating group) is 1. The van der Waals surface area contributed by atoms with Gasteiger partial charge in [-0.05, 0) is 56.6 Å². The molecule has 8 nitrogen and oxygen atoms in total. The van der Waals surface area contributed by atoms with Crippen LogP contribution in [0.25, 0.3) is 0 Å². The Kier molecular flexibility index (Phi) is 7.31. The first-order chi connectivity index (χ1) is 15.8. The van der Waals surface area contributed by atoms with Gasteiger partial charge in [0.25, 0.3) is 5.91 Å². The maximum Gasteiger partial charge on any atom is 0.251 e. The van der Waals surface area contributed by atoms with Crippen molar-refractivity contribution in [3.8, 4) is 0 Å². The standard InChI is InChI=1S/C24H33N5O3S/c1-19-6-3-4-11-29(19)33(31,32)22-8-5-7-21(16-22)24(30)26-18-20-9-10-23(25-17-20)28-14-12-27(2)13-15-28/h5,7-10,16-17,19H,3-4,6,11-15,18H2,1-2H3,(H,26,30). The minimum atomic E-state index is -3.62. The molecule has 0 radical (unpaired) electrons. The number of carbonyl (C=O) groups is 1. The highest BCUT2D eigenvalue weighted by Gasteiger charge is 2.31. The number of pyridine rings is 1. The van der Waals surface area contributed by atoms with E-state index in [1.54, 1.807) is 28.7 Å². The molecule has 2 saturated heterocycles. The summed E-state index contributed by atoms with van der Waals surface area (Å²) in [6, 6.07) is 10.2. The summed E-state index contributed by atoms with van der Waals surface area (Å²) >= 11 is 0. The van der Waals surface area contributed by atoms with Gasteiger partial charge in [-0.3, -0.25) is 4.79 Å². The van der Waals surface area contributed by atoms with Crippen LogP contribution in [-0.4, -0.2) is 74.3 Å². The molecule has 3 heterocycles. The number of nitrogens with zero attached hydrogens (tertiary/aromatic N) is 4. The molecule has 0 aliphatic carbocycles. The molecule has 2 fully saturated rings. The second-order valence-electron chi connectivity index (χ2n) is 8.99. The summed E-state index contributed by atoms with van der Waals surface area (Å²) in [5, 5.41) is 2.88. The fraction of sp³-hybridized carbons (Fsp3) is 0.500. The predicted molar refractivity (Wildman–Crippen MR) is 129 cm³/mol. The van der Waals surface area contributed by atoms with E-state index in [0.29, 0.717) is 18.7 Å². The fourth-order valence-electron chi connectivity index (χ4n) is 4.39. The van der Waals surface area contributed by atoms with Crippen LogP contribution >= 0.6 is 0 Å². The zero-order valence-corrected chi connectivity index (χ0v) is 20.2. The van der Waals surface area contributed by atoms with Crippen molar-refractivity contribution in [1.29, 1.82) is 0 Å². The molecular formula is C24H33N5O3S. The van der Waals surface area contributed by atoms with Gasteiger partial charge < -0.3 is 15.1 Å². The van der Waals surface area contributed by atoms with Crippen LogP contribution in [0, 0.1) is 0 Å². The van der Waals surface area contributed by atoms with E-state index in [0.717, 1.165) is 56.8 Å². The Morgan fingerprint density at radius 2 is 1.88 bits per heavy atom. The van der Waals surface area contributed by atoms with Gasteiger partial charge in [-0.2, -0.15) is 4.31 Å². The first kappa shape index (κ1) is 23.7. The largest absolute Gasteiger partial charge is 0.354 e. The summed E-state index contributed by atoms with van der Waals surface area (Å²) in [6.45, 7) is 6.74. The van der Waals surface area contributed by atoms with E-state index in [2.05, 4.69) is 27.1 Å². The van der Waals surface area contributed by atoms with E-state index in [4.69, 9.17) is 0 Å². The summed E-state index contributed by atoms with van der Waals surface area (Å²) in [5.74, 6) is 0.643. The van der Waals surface area contributed by atoms with E-state index in [1.165, 1.54) is 6.07 Å². The number of rotatable bonds is 6. The van der Waals surface area contributed by atoms with Crippen molar-refractivity contribution in [2.75, 3.05) is 44.7 Å². The van der Waals surface area contributed by atoms with Crippen molar-refractivity contribution in [2.45, 2.75) is 43.7 Å². The Labute approximate surface area is 196 Å². The average molecular weight is 472 g/mol. The smallest absolute Gasteiger partial charge is 0.251 e. The highest BCUT2D eigenvalue weighted by molar-refractivity contribution is 7.89. The average Bonchev–Trinajstić information content (AvgIpc) is 2.83. The normalized spacial score (nSPS) is 20.5. The highest BCUT2D eigenvalue weighted by atomic mass is 32.2. The van der Waals surface area contributed by atoms with Gasteiger partial charge >= 0.3 is 0 Å². The first-order valence-electron chi connectivity index (χ1n) is 11.6. The fourth-order valence-corrected chi connectivity index (χ4v) is 6.14. The van der Waals surface area contributed by atoms with Gasteiger partial charge in [0.15, 0.2) is 0 Å². The summed E-state index contributed by atoms with van der Waals surface area (Å²) < 4.78 is 27.8. The third-order valence-electron chi connectivity index (χ3n) is 6.53. The number of amides is 1. The molecule has 0 bridgehead atoms. The molecule has 1 aromatic heterocycles. The van der Waals surface area contributed by atoms with Gasteiger partial charge in [0, 0.05) is 57.1 Å². The first-order valence-corrected chi connectivity index (χ1v) is 13.1. The van der Waals surface area contributed by atoms with E-state index in [9.17, 15) is 13.2 Å². The molecule has 1 N–H and O–H groups in total. The van der Waals surface area contributed by atoms with Crippen molar-refractivity contribution < 1.29 is 13.2 Å². The quantitative estimate of drug-likeness (QED) is 0.696. The van der Waals surface area contributed by atoms with Gasteiger partial charge in [0.2, 0.25) is 10.0 Å². The minimum absolute atomic E-state index is 0.0254. The molecule has 1 unspecified atom stereocenters. The molecule has 0 saturated carbocycles. The number of anilines is 1. The number of sulfonamides is 1. The number of benzene rings is 1. The molecule has 33 heavy (non-hydrogen) atoms. The summed E-state index contributed by atoms with van der Waals surface area (Å²) in [4.78, 5) is 22.0. The maximum atomic E-state index is 13.1. The molecular weight excluding hydrogens is 438 g/mol. The second kappa shape index (κ2) is 10.2. The molecule has 4 rings (SSSR count). The van der Waals surface area contributed by atoms with Crippen LogP contribution < -0.4 is 10.2 Å². The lowest BCUT2D eigenvalue weighted by atomic mass is 10.1. The lowest BCUT2D eigenvalue weighted by Gasteiger charge is -2.33. The van der Waals surface area contributed by atoms with Gasteiger partial charge in [-0.1, -0.05) is 18.6 Å². The molecule has 2 aromatic rings. The molecule has 178 valence electrons. The van der Waals surface area contributed by atoms with Crippen molar-refractivity contribution in [3.05, 3.63) is 53.7 Å². The van der Waals surface area contributed by atoms with Crippen LogP contribution in [0.5, 0.6) is 0 Å². The Bertz CT molecular complexity index is 1070. The second-order valence-corrected chi connectivity index (χ2v) is 10.9. The minimum Gasteiger partial charge on any atom is -0.354 e. The number of hydrogen-bond acceptors (Lipinski definition) is 6. The molecule has 2 aliphatic heterocycles. The zero-order valence-electron chi connectivity index (χ0n) is 19.4. The van der Waals surface area contributed by atoms with Gasteiger partial charge in [-0.15, -0.1) is 0 Å². The van der Waals surface area contributed by atoms with Crippen LogP contribution in [0.2, 0.25) is 0 Å². The number of piperazine rings is 1. The van der Waals surface area contributed by atoms with E-state index in [1.807, 2.05) is 19.1 Å². The Morgan fingerprint density at radius 3 is 2.58 bits per heavy atom. The van der Waals surface area contributed by atoms with Gasteiger partial charge in [0.05, 0.1) is 4.90 Å². The predicted octanol–water partition coefficient (Wildman–Crippen LogP) is 2.33. The SMILES string of the molecule is CC1CCCCN1S(=O)(=O)c1cccc(C(=O)NCc2ccc(N3CCN(C)CC3)nc2)c1. The lowest BCUT2D eigenvalue weighted by molar-refractivity contribution is 0.0950. The summed E-state index contributed by atoms with van der Waals surface area (Å²) in [6.07, 6.45) is 4.56. The molecule has 1 amide bonds. The van der Waals surface area contributed by atoms with Crippen molar-refractivity contribution in [1.82, 2.24) is 19.5 Å². The topological polar surface area (TPSA) is 85.8 Å². The molecule has 0 spiro atoms. The maximum absolute atomic E-state index is 13.1. The van der Waals surface area contributed by atoms with E-state index in [-0.39, 0.29) is 16.8 Å². The zero-order chi connectivity index (χ0) is 23.4. The summed E-state index contributed by atoms with van der Waals surface area (Å²) in [5.41, 5.74) is 1.23. The van der Waals surface area contributed by atoms with Crippen LogP contribution in [0.1, 0.15) is 42.1 Å². The lowest BCUT2D eigenvalue weighted by Crippen LogP contribution is -2.44. The van der Waals surface area contributed by atoms with E-state index < -0.39 is 10.0 Å². The van der Waals surface area contributed by atoms with Crippen molar-refractivity contribution in [3.63, 3.8) is 0 Å². The Balaban J connectivity index is 1.38. The third-order valence-corrected chi connectivity index (χ3v) is 8.54. The third kappa shape index (κ3) is 5.54. The Morgan fingerprint density at radius 1 is 1.09 bits per heavy atom. The van der Waals surface area contributed by atoms with Gasteiger partial charge in [0.1, 0.15) is 5.82 Å². The monoisotopic (exact) mass is 471 g/mol. The van der Waals surface area contributed by atoms with Crippen LogP contribution in [-0.2, 0) is 16.6 Å². The Hall–Kier alpha value is -2.49. The molecule has 9 heteroatoms. The number of hydrogen-bond donors (Lipinski definition) is 1.